The zero-order chi connectivity index (χ0) is 21.7. The summed E-state index contributed by atoms with van der Waals surface area (Å²) in [5.74, 6) is -2.53. The van der Waals surface area contributed by atoms with Crippen molar-refractivity contribution >= 4 is 11.9 Å². The first-order valence-corrected chi connectivity index (χ1v) is 9.40. The molecule has 2 heterocycles. The average molecular weight is 416 g/mol. The number of aryl methyl sites for hydroxylation is 1. The van der Waals surface area contributed by atoms with Crippen molar-refractivity contribution in [1.82, 2.24) is 9.80 Å². The minimum Gasteiger partial charge on any atom is -0.475 e. The Balaban J connectivity index is 0.000000370. The van der Waals surface area contributed by atoms with Gasteiger partial charge in [0, 0.05) is 25.0 Å². The Morgan fingerprint density at radius 3 is 2.31 bits per heavy atom. The molecule has 1 amide bonds. The number of alkyl halides is 3. The van der Waals surface area contributed by atoms with Crippen LogP contribution in [0.3, 0.4) is 0 Å². The van der Waals surface area contributed by atoms with Crippen LogP contribution in [0.4, 0.5) is 13.2 Å². The Labute approximate surface area is 168 Å². The van der Waals surface area contributed by atoms with Gasteiger partial charge in [0.2, 0.25) is 5.91 Å². The number of carbonyl (C=O) groups is 2. The van der Waals surface area contributed by atoms with Crippen molar-refractivity contribution in [2.45, 2.75) is 25.9 Å². The second-order valence-corrected chi connectivity index (χ2v) is 7.82. The maximum atomic E-state index is 12.7. The number of hydrogen-bond donors (Lipinski definition) is 1. The topological polar surface area (TPSA) is 70.1 Å². The SMILES string of the molecule is Cc1ccc(CC(=O)N2CCOCC3(CCN(C)C3)C2)cc1.O=C(O)C(F)(F)F. The van der Waals surface area contributed by atoms with Gasteiger partial charge in [-0.3, -0.25) is 4.79 Å². The van der Waals surface area contributed by atoms with Gasteiger partial charge in [0.05, 0.1) is 19.6 Å². The standard InChI is InChI=1S/C18H26N2O2.C2HF3O2/c1-15-3-5-16(6-4-15)11-17(21)20-9-10-22-14-18(13-20)7-8-19(2)12-18;3-2(4,5)1(6)7/h3-6H,7-14H2,1-2H3;(H,6,7). The van der Waals surface area contributed by atoms with Gasteiger partial charge in [-0.1, -0.05) is 29.8 Å². The molecule has 2 saturated heterocycles. The molecule has 0 aliphatic carbocycles. The van der Waals surface area contributed by atoms with Crippen LogP contribution in [0, 0.1) is 12.3 Å². The Bertz CT molecular complexity index is 709. The molecule has 2 fully saturated rings. The molecule has 1 atom stereocenters. The Kier molecular flexibility index (Phi) is 7.65. The molecule has 1 spiro atoms. The summed E-state index contributed by atoms with van der Waals surface area (Å²) in [4.78, 5) is 25.9. The molecular formula is C20H27F3N2O4. The fourth-order valence-corrected chi connectivity index (χ4v) is 3.60. The molecule has 0 aromatic heterocycles. The summed E-state index contributed by atoms with van der Waals surface area (Å²) in [6.45, 7) is 7.19. The number of aliphatic carboxylic acids is 1. The fourth-order valence-electron chi connectivity index (χ4n) is 3.60. The number of hydrogen-bond acceptors (Lipinski definition) is 4. The molecule has 2 aliphatic heterocycles. The van der Waals surface area contributed by atoms with Crippen molar-refractivity contribution in [3.8, 4) is 0 Å². The van der Waals surface area contributed by atoms with E-state index in [0.29, 0.717) is 13.0 Å². The second-order valence-electron chi connectivity index (χ2n) is 7.82. The lowest BCUT2D eigenvalue weighted by atomic mass is 9.87. The zero-order valence-corrected chi connectivity index (χ0v) is 16.7. The van der Waals surface area contributed by atoms with E-state index in [-0.39, 0.29) is 11.3 Å². The minimum atomic E-state index is -5.08. The number of rotatable bonds is 2. The second kappa shape index (κ2) is 9.58. The number of carboxylic acid groups (broad SMARTS) is 1. The van der Waals surface area contributed by atoms with E-state index in [0.717, 1.165) is 44.8 Å². The summed E-state index contributed by atoms with van der Waals surface area (Å²) in [6, 6.07) is 8.25. The maximum Gasteiger partial charge on any atom is 0.490 e. The number of benzene rings is 1. The van der Waals surface area contributed by atoms with Crippen LogP contribution in [-0.2, 0) is 20.7 Å². The summed E-state index contributed by atoms with van der Waals surface area (Å²) >= 11 is 0. The van der Waals surface area contributed by atoms with Crippen LogP contribution in [-0.4, -0.2) is 79.4 Å². The van der Waals surface area contributed by atoms with Crippen molar-refractivity contribution in [2.75, 3.05) is 46.4 Å². The summed E-state index contributed by atoms with van der Waals surface area (Å²) in [5, 5.41) is 7.12. The van der Waals surface area contributed by atoms with Crippen LogP contribution in [0.2, 0.25) is 0 Å². The summed E-state index contributed by atoms with van der Waals surface area (Å²) in [7, 11) is 2.15. The molecule has 29 heavy (non-hydrogen) atoms. The van der Waals surface area contributed by atoms with Gasteiger partial charge in [-0.25, -0.2) is 4.79 Å². The van der Waals surface area contributed by atoms with Crippen molar-refractivity contribution in [3.05, 3.63) is 35.4 Å². The molecule has 0 saturated carbocycles. The van der Waals surface area contributed by atoms with E-state index in [1.165, 1.54) is 5.56 Å². The summed E-state index contributed by atoms with van der Waals surface area (Å²) in [6.07, 6.45) is -3.47. The molecule has 2 aliphatic rings. The molecule has 162 valence electrons. The molecule has 1 aromatic rings. The van der Waals surface area contributed by atoms with Crippen molar-refractivity contribution in [2.24, 2.45) is 5.41 Å². The lowest BCUT2D eigenvalue weighted by molar-refractivity contribution is -0.192. The van der Waals surface area contributed by atoms with Crippen molar-refractivity contribution in [3.63, 3.8) is 0 Å². The third kappa shape index (κ3) is 7.01. The molecule has 1 unspecified atom stereocenters. The molecule has 1 aromatic carbocycles. The van der Waals surface area contributed by atoms with E-state index in [2.05, 4.69) is 43.1 Å². The van der Waals surface area contributed by atoms with Crippen LogP contribution < -0.4 is 0 Å². The van der Waals surface area contributed by atoms with E-state index < -0.39 is 12.1 Å². The predicted molar refractivity (Wildman–Crippen MR) is 101 cm³/mol. The van der Waals surface area contributed by atoms with Gasteiger partial charge in [-0.2, -0.15) is 13.2 Å². The molecule has 0 radical (unpaired) electrons. The van der Waals surface area contributed by atoms with E-state index in [1.807, 2.05) is 4.90 Å². The maximum absolute atomic E-state index is 12.7. The number of amides is 1. The molecule has 3 rings (SSSR count). The number of nitrogens with zero attached hydrogens (tertiary/aromatic N) is 2. The largest absolute Gasteiger partial charge is 0.490 e. The van der Waals surface area contributed by atoms with Gasteiger partial charge in [0.25, 0.3) is 0 Å². The number of carbonyl (C=O) groups excluding carboxylic acids is 1. The van der Waals surface area contributed by atoms with Crippen molar-refractivity contribution in [1.29, 1.82) is 0 Å². The summed E-state index contributed by atoms with van der Waals surface area (Å²) < 4.78 is 37.5. The van der Waals surface area contributed by atoms with Crippen LogP contribution >= 0.6 is 0 Å². The number of ether oxygens (including phenoxy) is 1. The molecular weight excluding hydrogens is 389 g/mol. The Morgan fingerprint density at radius 2 is 1.79 bits per heavy atom. The van der Waals surface area contributed by atoms with E-state index in [9.17, 15) is 18.0 Å². The van der Waals surface area contributed by atoms with Crippen LogP contribution in [0.5, 0.6) is 0 Å². The molecule has 9 heteroatoms. The third-order valence-electron chi connectivity index (χ3n) is 5.14. The highest BCUT2D eigenvalue weighted by molar-refractivity contribution is 5.79. The first kappa shape index (κ1) is 23.2. The third-order valence-corrected chi connectivity index (χ3v) is 5.14. The van der Waals surface area contributed by atoms with Crippen LogP contribution in [0.25, 0.3) is 0 Å². The number of carboxylic acids is 1. The Morgan fingerprint density at radius 1 is 1.17 bits per heavy atom. The quantitative estimate of drug-likeness (QED) is 0.802. The Hall–Kier alpha value is -2.13. The van der Waals surface area contributed by atoms with Gasteiger partial charge in [0.15, 0.2) is 0 Å². The first-order chi connectivity index (χ1) is 13.5. The van der Waals surface area contributed by atoms with Gasteiger partial charge < -0.3 is 19.6 Å². The van der Waals surface area contributed by atoms with Crippen molar-refractivity contribution < 1.29 is 32.6 Å². The van der Waals surface area contributed by atoms with Crippen LogP contribution in [0.1, 0.15) is 17.5 Å². The van der Waals surface area contributed by atoms with E-state index >= 15 is 0 Å². The highest BCUT2D eigenvalue weighted by Gasteiger charge is 2.41. The molecule has 1 N–H and O–H groups in total. The predicted octanol–water partition coefficient (Wildman–Crippen LogP) is 2.35. The minimum absolute atomic E-state index is 0.133. The molecule has 0 bridgehead atoms. The van der Waals surface area contributed by atoms with Gasteiger partial charge in [-0.05, 0) is 32.5 Å². The fraction of sp³-hybridized carbons (Fsp3) is 0.600. The molecule has 6 nitrogen and oxygen atoms in total. The summed E-state index contributed by atoms with van der Waals surface area (Å²) in [5.41, 5.74) is 2.46. The first-order valence-electron chi connectivity index (χ1n) is 9.40. The van der Waals surface area contributed by atoms with E-state index in [1.54, 1.807) is 0 Å². The monoisotopic (exact) mass is 416 g/mol. The highest BCUT2D eigenvalue weighted by atomic mass is 19.4. The number of likely N-dealkylation sites (tertiary alicyclic amines) is 1. The smallest absolute Gasteiger partial charge is 0.475 e. The normalized spacial score (nSPS) is 22.7. The zero-order valence-electron chi connectivity index (χ0n) is 16.7. The lowest BCUT2D eigenvalue weighted by Crippen LogP contribution is -2.43. The van der Waals surface area contributed by atoms with Crippen LogP contribution in [0.15, 0.2) is 24.3 Å². The van der Waals surface area contributed by atoms with Gasteiger partial charge in [-0.15, -0.1) is 0 Å². The van der Waals surface area contributed by atoms with Gasteiger partial charge in [0.1, 0.15) is 0 Å². The lowest BCUT2D eigenvalue weighted by Gasteiger charge is -2.31. The average Bonchev–Trinajstić information content (AvgIpc) is 2.86. The van der Waals surface area contributed by atoms with Gasteiger partial charge >= 0.3 is 12.1 Å². The number of halogens is 3. The highest BCUT2D eigenvalue weighted by Crippen LogP contribution is 2.32. The van der Waals surface area contributed by atoms with E-state index in [4.69, 9.17) is 14.6 Å².